The molecule has 0 saturated carbocycles. The Balaban J connectivity index is 5.07. The number of carbonyl (C=O) groups is 2. The van der Waals surface area contributed by atoms with E-state index >= 15 is 0 Å². The minimum Gasteiger partial charge on any atom is -0.348 e. The van der Waals surface area contributed by atoms with Gasteiger partial charge in [-0.1, -0.05) is 19.9 Å². The molecule has 0 unspecified atom stereocenters. The summed E-state index contributed by atoms with van der Waals surface area (Å²) in [6.45, 7) is 5.75. The van der Waals surface area contributed by atoms with Gasteiger partial charge in [-0.2, -0.15) is 0 Å². The second-order valence-corrected chi connectivity index (χ2v) is 4.70. The Hall–Kier alpha value is -1.30. The normalized spacial score (nSPS) is 13.4. The zero-order valence-corrected chi connectivity index (χ0v) is 12.4. The summed E-state index contributed by atoms with van der Waals surface area (Å²) >= 11 is 0. The summed E-state index contributed by atoms with van der Waals surface area (Å²) in [4.78, 5) is 29.7. The third-order valence-electron chi connectivity index (χ3n) is 2.94. The molecule has 102 valence electrons. The first kappa shape index (κ1) is 16.7. The van der Waals surface area contributed by atoms with Crippen molar-refractivity contribution in [2.75, 3.05) is 21.2 Å². The number of rotatable bonds is 5. The predicted octanol–water partition coefficient (Wildman–Crippen LogP) is 0.662. The molecule has 2 amide bonds. The second kappa shape index (κ2) is 7.21. The van der Waals surface area contributed by atoms with E-state index in [1.165, 1.54) is 15.0 Å². The molecule has 0 saturated heterocycles. The number of likely N-dealkylation sites (N-methyl/N-ethyl adjacent to an activating group) is 2. The zero-order valence-electron chi connectivity index (χ0n) is 12.4. The highest BCUT2D eigenvalue weighted by Crippen LogP contribution is 2.14. The maximum Gasteiger partial charge on any atom is 0.272 e. The smallest absolute Gasteiger partial charge is 0.272 e. The van der Waals surface area contributed by atoms with Gasteiger partial charge < -0.3 is 4.90 Å². The Bertz CT molecular complexity index is 342. The Morgan fingerprint density at radius 1 is 1.28 bits per heavy atom. The molecular formula is C12H23BN2O3. The van der Waals surface area contributed by atoms with E-state index in [0.717, 1.165) is 5.06 Å². The first-order chi connectivity index (χ1) is 8.22. The number of nitrogens with zero attached hydrogens (tertiary/aromatic N) is 2. The summed E-state index contributed by atoms with van der Waals surface area (Å²) in [5.41, 5.74) is 0.561. The van der Waals surface area contributed by atoms with E-state index in [1.807, 2.05) is 19.9 Å². The molecule has 0 bridgehead atoms. The molecule has 5 nitrogen and oxygen atoms in total. The second-order valence-electron chi connectivity index (χ2n) is 4.70. The van der Waals surface area contributed by atoms with E-state index < -0.39 is 0 Å². The first-order valence-electron chi connectivity index (χ1n) is 5.96. The Morgan fingerprint density at radius 3 is 2.11 bits per heavy atom. The molecule has 0 N–H and O–H groups in total. The van der Waals surface area contributed by atoms with E-state index in [4.69, 9.17) is 4.84 Å². The van der Waals surface area contributed by atoms with Crippen LogP contribution in [0.15, 0.2) is 11.6 Å². The van der Waals surface area contributed by atoms with Gasteiger partial charge in [0, 0.05) is 19.7 Å². The highest BCUT2D eigenvalue weighted by Gasteiger charge is 2.20. The molecule has 0 spiro atoms. The summed E-state index contributed by atoms with van der Waals surface area (Å²) in [5, 5.41) is 1.16. The standard InChI is InChI=1S/C12H23BN2O3/c1-8(2)10(14(4)12(13)17)7-9(3)11(16)15(5)18-6/h7-8,10H,13H2,1-6H3/b9-7+/t10-/m1/s1. The molecule has 0 aromatic rings. The van der Waals surface area contributed by atoms with Crippen LogP contribution < -0.4 is 0 Å². The number of hydrogen-bond acceptors (Lipinski definition) is 3. The molecular weight excluding hydrogens is 231 g/mol. The van der Waals surface area contributed by atoms with Gasteiger partial charge in [0.05, 0.1) is 13.2 Å². The van der Waals surface area contributed by atoms with E-state index in [1.54, 1.807) is 25.9 Å². The molecule has 0 fully saturated rings. The van der Waals surface area contributed by atoms with Crippen molar-refractivity contribution in [3.63, 3.8) is 0 Å². The summed E-state index contributed by atoms with van der Waals surface area (Å²) in [6.07, 6.45) is 1.81. The van der Waals surface area contributed by atoms with Crippen LogP contribution in [0.5, 0.6) is 0 Å². The first-order valence-corrected chi connectivity index (χ1v) is 5.96. The van der Waals surface area contributed by atoms with E-state index in [0.29, 0.717) is 5.57 Å². The molecule has 1 atom stereocenters. The molecule has 18 heavy (non-hydrogen) atoms. The van der Waals surface area contributed by atoms with Gasteiger partial charge >= 0.3 is 0 Å². The number of hydroxylamine groups is 2. The van der Waals surface area contributed by atoms with Gasteiger partial charge in [0.25, 0.3) is 5.91 Å². The largest absolute Gasteiger partial charge is 0.348 e. The molecule has 0 rings (SSSR count). The lowest BCUT2D eigenvalue weighted by Crippen LogP contribution is -2.39. The van der Waals surface area contributed by atoms with Crippen LogP contribution in [-0.4, -0.2) is 56.8 Å². The van der Waals surface area contributed by atoms with Crippen LogP contribution in [0.3, 0.4) is 0 Å². The molecule has 0 radical (unpaired) electrons. The van der Waals surface area contributed by atoms with Crippen molar-refractivity contribution in [1.29, 1.82) is 0 Å². The molecule has 0 aliphatic rings. The lowest BCUT2D eigenvalue weighted by molar-refractivity contribution is -0.163. The van der Waals surface area contributed by atoms with Gasteiger partial charge in [-0.3, -0.25) is 14.4 Å². The number of amides is 2. The maximum absolute atomic E-state index is 11.9. The van der Waals surface area contributed by atoms with E-state index in [-0.39, 0.29) is 23.7 Å². The van der Waals surface area contributed by atoms with Crippen LogP contribution in [0.25, 0.3) is 0 Å². The fourth-order valence-electron chi connectivity index (χ4n) is 1.62. The summed E-state index contributed by atoms with van der Waals surface area (Å²) in [7, 11) is 6.24. The number of carbonyl (C=O) groups excluding carboxylic acids is 2. The van der Waals surface area contributed by atoms with Gasteiger partial charge in [-0.25, -0.2) is 5.06 Å². The van der Waals surface area contributed by atoms with Gasteiger partial charge in [0.2, 0.25) is 7.85 Å². The average molecular weight is 254 g/mol. The molecule has 0 aromatic carbocycles. The molecule has 0 aliphatic heterocycles. The van der Waals surface area contributed by atoms with Crippen molar-refractivity contribution >= 4 is 19.6 Å². The Labute approximate surface area is 110 Å². The highest BCUT2D eigenvalue weighted by molar-refractivity contribution is 6.56. The van der Waals surface area contributed by atoms with Crippen molar-refractivity contribution in [3.8, 4) is 0 Å². The average Bonchev–Trinajstić information content (AvgIpc) is 2.32. The van der Waals surface area contributed by atoms with Gasteiger partial charge in [-0.05, 0) is 12.8 Å². The molecule has 0 aromatic heterocycles. The van der Waals surface area contributed by atoms with Crippen LogP contribution in [0.2, 0.25) is 0 Å². The third-order valence-corrected chi connectivity index (χ3v) is 2.94. The summed E-state index contributed by atoms with van der Waals surface area (Å²) < 4.78 is 0. The third kappa shape index (κ3) is 4.53. The molecule has 6 heteroatoms. The zero-order chi connectivity index (χ0) is 14.5. The Kier molecular flexibility index (Phi) is 6.69. The molecule has 0 aliphatic carbocycles. The fraction of sp³-hybridized carbons (Fsp3) is 0.667. The minimum absolute atomic E-state index is 0.0229. The van der Waals surface area contributed by atoms with Crippen LogP contribution >= 0.6 is 0 Å². The lowest BCUT2D eigenvalue weighted by atomic mass is 9.97. The monoisotopic (exact) mass is 254 g/mol. The van der Waals surface area contributed by atoms with E-state index in [9.17, 15) is 9.59 Å². The van der Waals surface area contributed by atoms with Crippen LogP contribution in [0.4, 0.5) is 4.79 Å². The minimum atomic E-state index is -0.208. The number of hydrogen-bond donors (Lipinski definition) is 0. The SMILES string of the molecule is BC(=O)N(C)[C@H](/C=C(\C)C(=O)N(C)OC)C(C)C. The maximum atomic E-state index is 11.9. The van der Waals surface area contributed by atoms with Crippen molar-refractivity contribution < 1.29 is 14.4 Å². The van der Waals surface area contributed by atoms with Crippen molar-refractivity contribution in [1.82, 2.24) is 9.96 Å². The van der Waals surface area contributed by atoms with Gasteiger partial charge in [-0.15, -0.1) is 0 Å². The highest BCUT2D eigenvalue weighted by atomic mass is 16.7. The van der Waals surface area contributed by atoms with Crippen LogP contribution in [-0.2, 0) is 9.63 Å². The Morgan fingerprint density at radius 2 is 1.78 bits per heavy atom. The van der Waals surface area contributed by atoms with Crippen LogP contribution in [0.1, 0.15) is 20.8 Å². The van der Waals surface area contributed by atoms with Crippen molar-refractivity contribution in [3.05, 3.63) is 11.6 Å². The van der Waals surface area contributed by atoms with Crippen LogP contribution in [0, 0.1) is 5.92 Å². The quantitative estimate of drug-likeness (QED) is 0.411. The summed E-state index contributed by atoms with van der Waals surface area (Å²) in [5.74, 6) is -0.0000943. The topological polar surface area (TPSA) is 49.9 Å². The van der Waals surface area contributed by atoms with Gasteiger partial charge in [0.15, 0.2) is 5.81 Å². The molecule has 0 heterocycles. The fourth-order valence-corrected chi connectivity index (χ4v) is 1.62. The van der Waals surface area contributed by atoms with Gasteiger partial charge in [0.1, 0.15) is 0 Å². The van der Waals surface area contributed by atoms with Crippen molar-refractivity contribution in [2.45, 2.75) is 26.8 Å². The lowest BCUT2D eigenvalue weighted by Gasteiger charge is -2.29. The predicted molar refractivity (Wildman–Crippen MR) is 73.9 cm³/mol. The summed E-state index contributed by atoms with van der Waals surface area (Å²) in [6, 6.07) is -0.100. The van der Waals surface area contributed by atoms with Crippen molar-refractivity contribution in [2.24, 2.45) is 5.92 Å². The van der Waals surface area contributed by atoms with E-state index in [2.05, 4.69) is 0 Å².